The van der Waals surface area contributed by atoms with Crippen LogP contribution in [0.15, 0.2) is 0 Å². The molecule has 1 atom stereocenters. The molecule has 0 saturated heterocycles. The molecular weight excluding hydrogens is 224 g/mol. The van der Waals surface area contributed by atoms with Gasteiger partial charge in [-0.25, -0.2) is 0 Å². The van der Waals surface area contributed by atoms with Gasteiger partial charge in [0.2, 0.25) is 0 Å². The summed E-state index contributed by atoms with van der Waals surface area (Å²) in [6, 6.07) is 0. The zero-order valence-corrected chi connectivity index (χ0v) is 11.5. The Morgan fingerprint density at radius 1 is 1.12 bits per heavy atom. The van der Waals surface area contributed by atoms with Crippen LogP contribution in [0, 0.1) is 5.92 Å². The van der Waals surface area contributed by atoms with E-state index in [1.54, 1.807) is 0 Å². The third kappa shape index (κ3) is 39.2. The third-order valence-corrected chi connectivity index (χ3v) is 1.65. The Labute approximate surface area is 105 Å². The molecule has 0 spiro atoms. The van der Waals surface area contributed by atoms with E-state index < -0.39 is 0 Å². The fourth-order valence-electron chi connectivity index (χ4n) is 0.526. The first-order valence-electron chi connectivity index (χ1n) is 5.99. The van der Waals surface area contributed by atoms with Crippen LogP contribution in [0.1, 0.15) is 34.1 Å². The van der Waals surface area contributed by atoms with E-state index in [1.807, 2.05) is 20.8 Å². The number of rotatable bonds is 7. The predicted molar refractivity (Wildman–Crippen MR) is 67.8 cm³/mol. The second kappa shape index (κ2) is 24.5. The van der Waals surface area contributed by atoms with Gasteiger partial charge in [0.25, 0.3) is 6.47 Å². The lowest BCUT2D eigenvalue weighted by molar-refractivity contribution is -0.129. The summed E-state index contributed by atoms with van der Waals surface area (Å²) >= 11 is 0. The van der Waals surface area contributed by atoms with Gasteiger partial charge in [0.1, 0.15) is 0 Å². The van der Waals surface area contributed by atoms with E-state index in [4.69, 9.17) is 14.9 Å². The topological polar surface area (TPSA) is 76.0 Å². The minimum Gasteiger partial charge on any atom is -0.468 e. The molecular formula is C12H28O5. The Hall–Kier alpha value is -0.650. The van der Waals surface area contributed by atoms with E-state index in [2.05, 4.69) is 11.7 Å². The van der Waals surface area contributed by atoms with Gasteiger partial charge in [-0.1, -0.05) is 20.3 Å². The van der Waals surface area contributed by atoms with Crippen LogP contribution in [0.3, 0.4) is 0 Å². The molecule has 0 amide bonds. The van der Waals surface area contributed by atoms with Crippen LogP contribution in [0.25, 0.3) is 0 Å². The number of hydrogen-bond acceptors (Lipinski definition) is 5. The van der Waals surface area contributed by atoms with Crippen LogP contribution in [0.5, 0.6) is 0 Å². The average molecular weight is 252 g/mol. The minimum atomic E-state index is -0.125. The van der Waals surface area contributed by atoms with Crippen molar-refractivity contribution >= 4 is 6.47 Å². The molecule has 0 aliphatic rings. The molecule has 0 aliphatic heterocycles. The molecule has 1 unspecified atom stereocenters. The molecule has 0 fully saturated rings. The molecule has 0 heterocycles. The molecule has 0 radical (unpaired) electrons. The maximum Gasteiger partial charge on any atom is 0.293 e. The molecule has 0 aromatic heterocycles. The number of carbonyl (C=O) groups excluding carboxylic acids is 1. The van der Waals surface area contributed by atoms with Crippen LogP contribution in [0.2, 0.25) is 0 Å². The van der Waals surface area contributed by atoms with Crippen LogP contribution < -0.4 is 0 Å². The Morgan fingerprint density at radius 2 is 1.59 bits per heavy atom. The molecule has 0 aromatic carbocycles. The molecule has 0 rings (SSSR count). The fourth-order valence-corrected chi connectivity index (χ4v) is 0.526. The number of carbonyl (C=O) groups is 1. The van der Waals surface area contributed by atoms with Gasteiger partial charge in [-0.05, 0) is 19.8 Å². The fraction of sp³-hybridized carbons (Fsp3) is 0.917. The highest BCUT2D eigenvalue weighted by molar-refractivity contribution is 5.36. The first-order valence-corrected chi connectivity index (χ1v) is 5.99. The lowest BCUT2D eigenvalue weighted by atomic mass is 10.1. The summed E-state index contributed by atoms with van der Waals surface area (Å²) in [5.74, 6) is 0.500. The predicted octanol–water partition coefficient (Wildman–Crippen LogP) is 1.22. The Morgan fingerprint density at radius 3 is 1.76 bits per heavy atom. The smallest absolute Gasteiger partial charge is 0.293 e. The first kappa shape index (κ1) is 21.6. The molecule has 106 valence electrons. The summed E-state index contributed by atoms with van der Waals surface area (Å²) in [6.45, 7) is 10.6. The van der Waals surface area contributed by atoms with Gasteiger partial charge >= 0.3 is 0 Å². The summed E-state index contributed by atoms with van der Waals surface area (Å²) in [6.07, 6.45) is 1.06. The van der Waals surface area contributed by atoms with E-state index in [-0.39, 0.29) is 13.2 Å². The van der Waals surface area contributed by atoms with Crippen molar-refractivity contribution < 1.29 is 24.5 Å². The van der Waals surface area contributed by atoms with E-state index in [1.165, 1.54) is 0 Å². The van der Waals surface area contributed by atoms with Crippen molar-refractivity contribution in [3.05, 3.63) is 0 Å². The Bertz CT molecular complexity index is 115. The van der Waals surface area contributed by atoms with E-state index in [0.717, 1.165) is 19.6 Å². The maximum absolute atomic E-state index is 9.60. The molecule has 0 saturated carbocycles. The molecule has 17 heavy (non-hydrogen) atoms. The van der Waals surface area contributed by atoms with Gasteiger partial charge in [0, 0.05) is 13.2 Å². The van der Waals surface area contributed by atoms with Crippen molar-refractivity contribution in [1.29, 1.82) is 0 Å². The first-order chi connectivity index (χ1) is 8.14. The minimum absolute atomic E-state index is 0.125. The van der Waals surface area contributed by atoms with Gasteiger partial charge in [-0.2, -0.15) is 0 Å². The normalized spacial score (nSPS) is 10.2. The van der Waals surface area contributed by atoms with Crippen molar-refractivity contribution in [1.82, 2.24) is 0 Å². The molecule has 2 N–H and O–H groups in total. The zero-order chi connectivity index (χ0) is 13.9. The SMILES string of the molecule is CCC(C)COC=O.CCOCC.OCCO. The van der Waals surface area contributed by atoms with Gasteiger partial charge in [0.15, 0.2) is 0 Å². The second-order valence-corrected chi connectivity index (χ2v) is 3.17. The number of hydrogen-bond donors (Lipinski definition) is 2. The van der Waals surface area contributed by atoms with Crippen molar-refractivity contribution in [3.63, 3.8) is 0 Å². The van der Waals surface area contributed by atoms with Crippen molar-refractivity contribution in [2.75, 3.05) is 33.0 Å². The Balaban J connectivity index is -0.000000188. The molecule has 5 nitrogen and oxygen atoms in total. The van der Waals surface area contributed by atoms with Crippen LogP contribution in [-0.2, 0) is 14.3 Å². The maximum atomic E-state index is 9.60. The zero-order valence-electron chi connectivity index (χ0n) is 11.5. The van der Waals surface area contributed by atoms with Crippen LogP contribution >= 0.6 is 0 Å². The van der Waals surface area contributed by atoms with Gasteiger partial charge < -0.3 is 19.7 Å². The van der Waals surface area contributed by atoms with Crippen molar-refractivity contribution in [2.45, 2.75) is 34.1 Å². The number of aliphatic hydroxyl groups is 2. The molecule has 5 heteroatoms. The standard InChI is InChI=1S/C6H12O2.C4H10O.C2H6O2/c1-3-6(2)4-8-5-7;1-3-5-4-2;3-1-2-4/h5-6H,3-4H2,1-2H3;3-4H2,1-2H3;3-4H,1-2H2. The summed E-state index contributed by atoms with van der Waals surface area (Å²) in [5, 5.41) is 15.2. The monoisotopic (exact) mass is 252 g/mol. The second-order valence-electron chi connectivity index (χ2n) is 3.17. The van der Waals surface area contributed by atoms with Crippen molar-refractivity contribution in [2.24, 2.45) is 5.92 Å². The van der Waals surface area contributed by atoms with Gasteiger partial charge in [-0.3, -0.25) is 4.79 Å². The van der Waals surface area contributed by atoms with Gasteiger partial charge in [-0.15, -0.1) is 0 Å². The van der Waals surface area contributed by atoms with E-state index in [0.29, 0.717) is 19.0 Å². The summed E-state index contributed by atoms with van der Waals surface area (Å²) < 4.78 is 9.34. The average Bonchev–Trinajstić information content (AvgIpc) is 2.37. The molecule has 0 aliphatic carbocycles. The highest BCUT2D eigenvalue weighted by atomic mass is 16.5. The highest BCUT2D eigenvalue weighted by Gasteiger charge is 1.95. The van der Waals surface area contributed by atoms with Gasteiger partial charge in [0.05, 0.1) is 19.8 Å². The quantitative estimate of drug-likeness (QED) is 0.666. The number of ether oxygens (including phenoxy) is 2. The number of aliphatic hydroxyl groups excluding tert-OH is 2. The van der Waals surface area contributed by atoms with E-state index >= 15 is 0 Å². The summed E-state index contributed by atoms with van der Waals surface area (Å²) in [5.41, 5.74) is 0. The summed E-state index contributed by atoms with van der Waals surface area (Å²) in [4.78, 5) is 9.60. The largest absolute Gasteiger partial charge is 0.468 e. The lowest BCUT2D eigenvalue weighted by Gasteiger charge is -2.03. The molecule has 0 aromatic rings. The Kier molecular flexibility index (Phi) is 31.2. The highest BCUT2D eigenvalue weighted by Crippen LogP contribution is 1.98. The van der Waals surface area contributed by atoms with Crippen LogP contribution in [0.4, 0.5) is 0 Å². The summed E-state index contributed by atoms with van der Waals surface area (Å²) in [7, 11) is 0. The van der Waals surface area contributed by atoms with Crippen LogP contribution in [-0.4, -0.2) is 49.7 Å². The van der Waals surface area contributed by atoms with E-state index in [9.17, 15) is 4.79 Å². The molecule has 0 bridgehead atoms. The third-order valence-electron chi connectivity index (χ3n) is 1.65. The lowest BCUT2D eigenvalue weighted by Crippen LogP contribution is -2.02. The van der Waals surface area contributed by atoms with Crippen molar-refractivity contribution in [3.8, 4) is 0 Å².